The van der Waals surface area contributed by atoms with Gasteiger partial charge >= 0.3 is 11.9 Å². The predicted octanol–water partition coefficient (Wildman–Crippen LogP) is 1.91. The number of hydrogen-bond donors (Lipinski definition) is 5. The minimum Gasteiger partial charge on any atom is -0.504 e. The number of carbonyl (C=O) groups is 2. The number of rotatable bonds is 16. The number of piperidine rings is 1. The molecule has 0 radical (unpaired) electrons. The van der Waals surface area contributed by atoms with Crippen LogP contribution in [-0.4, -0.2) is 87.3 Å². The summed E-state index contributed by atoms with van der Waals surface area (Å²) in [4.78, 5) is 25.3. The van der Waals surface area contributed by atoms with Crippen molar-refractivity contribution in [1.29, 1.82) is 0 Å². The summed E-state index contributed by atoms with van der Waals surface area (Å²) in [6.45, 7) is 5.05. The van der Waals surface area contributed by atoms with Gasteiger partial charge in [-0.15, -0.1) is 0 Å². The largest absolute Gasteiger partial charge is 0.504 e. The van der Waals surface area contributed by atoms with E-state index in [0.29, 0.717) is 44.4 Å². The number of phenolic OH excluding ortho intramolecular Hbond substituents is 1. The van der Waals surface area contributed by atoms with Crippen LogP contribution in [0.5, 0.6) is 11.5 Å². The Morgan fingerprint density at radius 2 is 1.87 bits per heavy atom. The van der Waals surface area contributed by atoms with Crippen molar-refractivity contribution in [3.63, 3.8) is 0 Å². The number of esters is 2. The van der Waals surface area contributed by atoms with Crippen molar-refractivity contribution in [3.8, 4) is 11.5 Å². The Hall–Kier alpha value is -2.40. The van der Waals surface area contributed by atoms with Gasteiger partial charge in [-0.25, -0.2) is 0 Å². The van der Waals surface area contributed by atoms with Crippen molar-refractivity contribution < 1.29 is 34.0 Å². The van der Waals surface area contributed by atoms with Gasteiger partial charge in [0.25, 0.3) is 0 Å². The van der Waals surface area contributed by atoms with Gasteiger partial charge in [-0.1, -0.05) is 6.07 Å². The molecule has 0 aliphatic carbocycles. The number of likely N-dealkylation sites (N-methyl/N-ethyl adjacent to an activating group) is 2. The van der Waals surface area contributed by atoms with E-state index in [4.69, 9.17) is 14.2 Å². The normalized spacial score (nSPS) is 18.2. The molecular formula is C28H47N3O7. The van der Waals surface area contributed by atoms with Crippen molar-refractivity contribution in [3.05, 3.63) is 23.8 Å². The number of aliphatic hydroxyl groups excluding tert-OH is 1. The van der Waals surface area contributed by atoms with E-state index in [1.807, 2.05) is 12.1 Å². The number of aromatic hydroxyl groups is 1. The summed E-state index contributed by atoms with van der Waals surface area (Å²) < 4.78 is 17.3. The van der Waals surface area contributed by atoms with Gasteiger partial charge in [-0.3, -0.25) is 9.59 Å². The number of hydrogen-bond acceptors (Lipinski definition) is 10. The van der Waals surface area contributed by atoms with E-state index in [1.54, 1.807) is 27.1 Å². The lowest BCUT2D eigenvalue weighted by molar-refractivity contribution is -0.166. The molecule has 10 nitrogen and oxygen atoms in total. The third kappa shape index (κ3) is 9.72. The first-order valence-electron chi connectivity index (χ1n) is 13.6. The van der Waals surface area contributed by atoms with Crippen LogP contribution in [-0.2, 0) is 25.5 Å². The van der Waals surface area contributed by atoms with Crippen LogP contribution in [0.15, 0.2) is 18.2 Å². The van der Waals surface area contributed by atoms with Gasteiger partial charge in [0.2, 0.25) is 0 Å². The third-order valence-electron chi connectivity index (χ3n) is 7.34. The Morgan fingerprint density at radius 1 is 1.16 bits per heavy atom. The molecule has 5 N–H and O–H groups in total. The highest BCUT2D eigenvalue weighted by molar-refractivity contribution is 5.76. The Labute approximate surface area is 226 Å². The van der Waals surface area contributed by atoms with Crippen LogP contribution < -0.4 is 20.7 Å². The zero-order valence-electron chi connectivity index (χ0n) is 23.5. The molecule has 1 aliphatic rings. The maximum Gasteiger partial charge on any atom is 0.324 e. The summed E-state index contributed by atoms with van der Waals surface area (Å²) in [5.41, 5.74) is 0.532. The lowest BCUT2D eigenvalue weighted by atomic mass is 9.68. The summed E-state index contributed by atoms with van der Waals surface area (Å²) in [6.07, 6.45) is 2.87. The van der Waals surface area contributed by atoms with E-state index < -0.39 is 29.8 Å². The molecule has 0 spiro atoms. The number of methoxy groups -OCH3 is 1. The van der Waals surface area contributed by atoms with Crippen LogP contribution in [0, 0.1) is 5.41 Å². The molecule has 1 aromatic rings. The van der Waals surface area contributed by atoms with Crippen molar-refractivity contribution in [2.45, 2.75) is 83.1 Å². The first-order valence-corrected chi connectivity index (χ1v) is 13.6. The van der Waals surface area contributed by atoms with Crippen LogP contribution in [0.25, 0.3) is 0 Å². The van der Waals surface area contributed by atoms with Crippen molar-refractivity contribution in [2.24, 2.45) is 5.41 Å². The molecule has 0 amide bonds. The van der Waals surface area contributed by atoms with Gasteiger partial charge in [0.05, 0.1) is 13.2 Å². The molecule has 1 fully saturated rings. The molecule has 10 heteroatoms. The average Bonchev–Trinajstić information content (AvgIpc) is 2.87. The molecule has 1 aromatic carbocycles. The van der Waals surface area contributed by atoms with Crippen LogP contribution >= 0.6 is 0 Å². The molecule has 0 unspecified atom stereocenters. The molecule has 1 heterocycles. The number of aliphatic hydroxyl groups is 1. The zero-order valence-corrected chi connectivity index (χ0v) is 23.5. The predicted molar refractivity (Wildman–Crippen MR) is 145 cm³/mol. The standard InChI is InChI=1S/C28H47N3O7/c1-19(32)7-6-8-22(37-20(2)33)16-26(38-27(35)23(30-4)18-29-3)28(11-13-31-14-12-28)17-21-9-10-24(34)25(15-21)36-5/h9-10,15,19,22-23,26,29-32,34H,6-8,11-14,16-18H2,1-5H3/t19-,22+,23-,26+/m0/s1. The highest BCUT2D eigenvalue weighted by atomic mass is 16.6. The molecule has 0 saturated carbocycles. The van der Waals surface area contributed by atoms with Crippen LogP contribution in [0.1, 0.15) is 57.9 Å². The minimum atomic E-state index is -0.530. The Morgan fingerprint density at radius 3 is 2.45 bits per heavy atom. The van der Waals surface area contributed by atoms with Gasteiger partial charge < -0.3 is 40.4 Å². The van der Waals surface area contributed by atoms with Crippen molar-refractivity contribution in [2.75, 3.05) is 40.8 Å². The fourth-order valence-corrected chi connectivity index (χ4v) is 5.27. The fourth-order valence-electron chi connectivity index (χ4n) is 5.27. The molecule has 4 atom stereocenters. The first-order chi connectivity index (χ1) is 18.1. The monoisotopic (exact) mass is 537 g/mol. The molecule has 0 bridgehead atoms. The maximum absolute atomic E-state index is 13.3. The second-order valence-corrected chi connectivity index (χ2v) is 10.4. The molecule has 216 valence electrons. The summed E-state index contributed by atoms with van der Waals surface area (Å²) in [5.74, 6) is -0.294. The zero-order chi connectivity index (χ0) is 28.1. The molecule has 1 saturated heterocycles. The Kier molecular flexibility index (Phi) is 13.3. The number of benzene rings is 1. The summed E-state index contributed by atoms with van der Waals surface area (Å²) in [7, 11) is 5.01. The SMILES string of the molecule is CNC[C@H](NC)C(=O)O[C@H](C[C@@H](CCC[C@H](C)O)OC(C)=O)C1(Cc2ccc(O)c(OC)c2)CCNCC1. The van der Waals surface area contributed by atoms with Gasteiger partial charge in [0, 0.05) is 25.3 Å². The minimum absolute atomic E-state index is 0.0653. The van der Waals surface area contributed by atoms with Crippen LogP contribution in [0.4, 0.5) is 0 Å². The second kappa shape index (κ2) is 15.9. The average molecular weight is 538 g/mol. The fraction of sp³-hybridized carbons (Fsp3) is 0.714. The van der Waals surface area contributed by atoms with E-state index in [-0.39, 0.29) is 17.7 Å². The van der Waals surface area contributed by atoms with Crippen LogP contribution in [0.2, 0.25) is 0 Å². The van der Waals surface area contributed by atoms with Gasteiger partial charge in [-0.2, -0.15) is 0 Å². The van der Waals surface area contributed by atoms with Gasteiger partial charge in [-0.05, 0) is 90.3 Å². The molecule has 0 aromatic heterocycles. The summed E-state index contributed by atoms with van der Waals surface area (Å²) in [6, 6.07) is 4.77. The van der Waals surface area contributed by atoms with Gasteiger partial charge in [0.1, 0.15) is 18.2 Å². The number of phenols is 1. The third-order valence-corrected chi connectivity index (χ3v) is 7.34. The molecular weight excluding hydrogens is 490 g/mol. The first kappa shape index (κ1) is 31.8. The van der Waals surface area contributed by atoms with E-state index in [1.165, 1.54) is 14.0 Å². The van der Waals surface area contributed by atoms with Gasteiger partial charge in [0.15, 0.2) is 11.5 Å². The number of ether oxygens (including phenoxy) is 3. The summed E-state index contributed by atoms with van der Waals surface area (Å²) >= 11 is 0. The second-order valence-electron chi connectivity index (χ2n) is 10.4. The number of nitrogens with one attached hydrogen (secondary N) is 3. The topological polar surface area (TPSA) is 138 Å². The van der Waals surface area contributed by atoms with Crippen LogP contribution in [0.3, 0.4) is 0 Å². The highest BCUT2D eigenvalue weighted by Gasteiger charge is 2.44. The van der Waals surface area contributed by atoms with Crippen molar-refractivity contribution in [1.82, 2.24) is 16.0 Å². The van der Waals surface area contributed by atoms with Crippen molar-refractivity contribution >= 4 is 11.9 Å². The quantitative estimate of drug-likeness (QED) is 0.199. The highest BCUT2D eigenvalue weighted by Crippen LogP contribution is 2.42. The smallest absolute Gasteiger partial charge is 0.324 e. The van der Waals surface area contributed by atoms with E-state index in [2.05, 4.69) is 16.0 Å². The number of carbonyl (C=O) groups excluding carboxylic acids is 2. The maximum atomic E-state index is 13.3. The molecule has 1 aliphatic heterocycles. The Balaban J connectivity index is 2.44. The van der Waals surface area contributed by atoms with E-state index >= 15 is 0 Å². The lowest BCUT2D eigenvalue weighted by Crippen LogP contribution is -2.52. The van der Waals surface area contributed by atoms with E-state index in [9.17, 15) is 19.8 Å². The summed E-state index contributed by atoms with van der Waals surface area (Å²) in [5, 5.41) is 29.3. The Bertz CT molecular complexity index is 874. The molecule has 38 heavy (non-hydrogen) atoms. The van der Waals surface area contributed by atoms with E-state index in [0.717, 1.165) is 31.5 Å². The molecule has 2 rings (SSSR count). The lowest BCUT2D eigenvalue weighted by Gasteiger charge is -2.44.